The SMILES string of the molecule is CC12CC(CBr)C3c4ccc(O)cc4CCC3C1CCC2O. The summed E-state index contributed by atoms with van der Waals surface area (Å²) in [5, 5.41) is 21.4. The molecule has 0 bridgehead atoms. The Morgan fingerprint density at radius 2 is 2.09 bits per heavy atom. The highest BCUT2D eigenvalue weighted by molar-refractivity contribution is 9.09. The molecule has 22 heavy (non-hydrogen) atoms. The van der Waals surface area contributed by atoms with E-state index in [9.17, 15) is 10.2 Å². The zero-order chi connectivity index (χ0) is 15.5. The smallest absolute Gasteiger partial charge is 0.115 e. The highest BCUT2D eigenvalue weighted by Crippen LogP contribution is 2.63. The van der Waals surface area contributed by atoms with Gasteiger partial charge in [-0.3, -0.25) is 0 Å². The summed E-state index contributed by atoms with van der Waals surface area (Å²) in [4.78, 5) is 0. The van der Waals surface area contributed by atoms with Crippen LogP contribution in [0.5, 0.6) is 5.75 Å². The number of alkyl halides is 1. The molecule has 3 aliphatic rings. The van der Waals surface area contributed by atoms with Crippen molar-refractivity contribution < 1.29 is 10.2 Å². The maximum atomic E-state index is 10.6. The molecule has 2 nitrogen and oxygen atoms in total. The van der Waals surface area contributed by atoms with Gasteiger partial charge in [0.1, 0.15) is 5.75 Å². The van der Waals surface area contributed by atoms with E-state index < -0.39 is 0 Å². The van der Waals surface area contributed by atoms with Gasteiger partial charge in [0.25, 0.3) is 0 Å². The number of aliphatic hydroxyl groups is 1. The number of phenolic OH excluding ortho intramolecular Hbond substituents is 1. The van der Waals surface area contributed by atoms with E-state index in [4.69, 9.17) is 0 Å². The van der Waals surface area contributed by atoms with E-state index in [2.05, 4.69) is 28.9 Å². The first-order valence-corrected chi connectivity index (χ1v) is 9.72. The quantitative estimate of drug-likeness (QED) is 0.732. The summed E-state index contributed by atoms with van der Waals surface area (Å²) in [6.07, 6.45) is 5.43. The number of halogens is 1. The number of aryl methyl sites for hydroxylation is 1. The van der Waals surface area contributed by atoms with Crippen LogP contribution in [-0.2, 0) is 6.42 Å². The van der Waals surface area contributed by atoms with Gasteiger partial charge in [0.15, 0.2) is 0 Å². The normalized spacial score (nSPS) is 43.3. The van der Waals surface area contributed by atoms with E-state index in [1.165, 1.54) is 24.0 Å². The maximum absolute atomic E-state index is 10.6. The second-order valence-electron chi connectivity index (χ2n) is 7.94. The van der Waals surface area contributed by atoms with E-state index in [0.717, 1.165) is 24.6 Å². The molecule has 3 heteroatoms. The number of hydrogen-bond donors (Lipinski definition) is 2. The molecule has 4 rings (SSSR count). The van der Waals surface area contributed by atoms with Crippen molar-refractivity contribution in [2.75, 3.05) is 5.33 Å². The standard InChI is InChI=1S/C19H25BrO2/c1-19-9-12(10-20)18-14-5-3-13(21)8-11(14)2-4-15(18)16(19)6-7-17(19)22/h3,5,8,12,15-18,21-22H,2,4,6-7,9-10H2,1H3. The summed E-state index contributed by atoms with van der Waals surface area (Å²) in [6.45, 7) is 2.33. The van der Waals surface area contributed by atoms with Gasteiger partial charge in [0, 0.05) is 5.33 Å². The number of aromatic hydroxyl groups is 1. The van der Waals surface area contributed by atoms with Crippen LogP contribution in [0.4, 0.5) is 0 Å². The fraction of sp³-hybridized carbons (Fsp3) is 0.684. The monoisotopic (exact) mass is 364 g/mol. The molecule has 0 heterocycles. The summed E-state index contributed by atoms with van der Waals surface area (Å²) in [6, 6.07) is 5.98. The van der Waals surface area contributed by atoms with E-state index >= 15 is 0 Å². The van der Waals surface area contributed by atoms with Gasteiger partial charge < -0.3 is 10.2 Å². The largest absolute Gasteiger partial charge is 0.508 e. The lowest BCUT2D eigenvalue weighted by Crippen LogP contribution is -2.48. The third kappa shape index (κ3) is 2.01. The molecule has 6 atom stereocenters. The summed E-state index contributed by atoms with van der Waals surface area (Å²) in [5.41, 5.74) is 2.91. The first-order chi connectivity index (χ1) is 10.5. The lowest BCUT2D eigenvalue weighted by molar-refractivity contribution is -0.0429. The van der Waals surface area contributed by atoms with Crippen LogP contribution in [0.3, 0.4) is 0 Å². The molecular weight excluding hydrogens is 340 g/mol. The van der Waals surface area contributed by atoms with E-state index in [0.29, 0.717) is 29.4 Å². The Morgan fingerprint density at radius 1 is 1.27 bits per heavy atom. The number of benzene rings is 1. The molecule has 2 N–H and O–H groups in total. The van der Waals surface area contributed by atoms with Crippen molar-refractivity contribution in [2.24, 2.45) is 23.2 Å². The molecule has 0 radical (unpaired) electrons. The van der Waals surface area contributed by atoms with Crippen molar-refractivity contribution in [3.63, 3.8) is 0 Å². The molecule has 2 fully saturated rings. The van der Waals surface area contributed by atoms with Crippen molar-refractivity contribution in [2.45, 2.75) is 51.0 Å². The molecule has 1 aromatic rings. The van der Waals surface area contributed by atoms with Gasteiger partial charge in [-0.15, -0.1) is 0 Å². The molecule has 120 valence electrons. The van der Waals surface area contributed by atoms with Crippen LogP contribution in [0, 0.1) is 23.2 Å². The van der Waals surface area contributed by atoms with Gasteiger partial charge >= 0.3 is 0 Å². The van der Waals surface area contributed by atoms with Crippen molar-refractivity contribution >= 4 is 15.9 Å². The number of rotatable bonds is 1. The van der Waals surface area contributed by atoms with Gasteiger partial charge in [-0.05, 0) is 84.5 Å². The second kappa shape index (κ2) is 5.24. The van der Waals surface area contributed by atoms with Gasteiger partial charge in [-0.25, -0.2) is 0 Å². The third-order valence-corrected chi connectivity index (χ3v) is 7.81. The third-order valence-electron chi connectivity index (χ3n) is 6.98. The van der Waals surface area contributed by atoms with Crippen LogP contribution < -0.4 is 0 Å². The van der Waals surface area contributed by atoms with Gasteiger partial charge in [-0.2, -0.15) is 0 Å². The minimum atomic E-state index is -0.124. The lowest BCUT2D eigenvalue weighted by atomic mass is 9.52. The zero-order valence-corrected chi connectivity index (χ0v) is 14.7. The Morgan fingerprint density at radius 3 is 2.86 bits per heavy atom. The number of fused-ring (bicyclic) bond motifs is 5. The van der Waals surface area contributed by atoms with Gasteiger partial charge in [-0.1, -0.05) is 28.9 Å². The maximum Gasteiger partial charge on any atom is 0.115 e. The topological polar surface area (TPSA) is 40.5 Å². The van der Waals surface area contributed by atoms with Crippen LogP contribution in [0.25, 0.3) is 0 Å². The van der Waals surface area contributed by atoms with Gasteiger partial charge in [0.05, 0.1) is 6.10 Å². The van der Waals surface area contributed by atoms with Crippen LogP contribution in [0.1, 0.15) is 49.7 Å². The summed E-state index contributed by atoms with van der Waals surface area (Å²) >= 11 is 3.75. The Balaban J connectivity index is 1.78. The molecule has 3 aliphatic carbocycles. The van der Waals surface area contributed by atoms with Crippen molar-refractivity contribution in [1.29, 1.82) is 0 Å². The van der Waals surface area contributed by atoms with Crippen LogP contribution in [0.2, 0.25) is 0 Å². The van der Waals surface area contributed by atoms with Crippen molar-refractivity contribution in [3.05, 3.63) is 29.3 Å². The molecule has 1 aromatic carbocycles. The van der Waals surface area contributed by atoms with E-state index in [1.54, 1.807) is 0 Å². The average molecular weight is 365 g/mol. The summed E-state index contributed by atoms with van der Waals surface area (Å²) in [5.74, 6) is 2.92. The van der Waals surface area contributed by atoms with Crippen LogP contribution in [0.15, 0.2) is 18.2 Å². The van der Waals surface area contributed by atoms with Crippen molar-refractivity contribution in [1.82, 2.24) is 0 Å². The Labute approximate surface area is 141 Å². The average Bonchev–Trinajstić information content (AvgIpc) is 2.81. The fourth-order valence-electron chi connectivity index (χ4n) is 6.00. The Bertz CT molecular complexity index is 587. The zero-order valence-electron chi connectivity index (χ0n) is 13.1. The number of hydrogen-bond acceptors (Lipinski definition) is 2. The number of aliphatic hydroxyl groups excluding tert-OH is 1. The molecule has 0 saturated heterocycles. The first kappa shape index (κ1) is 15.0. The van der Waals surface area contributed by atoms with E-state index in [1.807, 2.05) is 12.1 Å². The minimum Gasteiger partial charge on any atom is -0.508 e. The predicted molar refractivity (Wildman–Crippen MR) is 91.4 cm³/mol. The van der Waals surface area contributed by atoms with E-state index in [-0.39, 0.29) is 11.5 Å². The van der Waals surface area contributed by atoms with Gasteiger partial charge in [0.2, 0.25) is 0 Å². The summed E-state index contributed by atoms with van der Waals surface area (Å²) < 4.78 is 0. The Hall–Kier alpha value is -0.540. The predicted octanol–water partition coefficient (Wildman–Crippen LogP) is 4.23. The molecule has 2 saturated carbocycles. The summed E-state index contributed by atoms with van der Waals surface area (Å²) in [7, 11) is 0. The fourth-order valence-corrected chi connectivity index (χ4v) is 6.63. The van der Waals surface area contributed by atoms with Crippen LogP contribution >= 0.6 is 15.9 Å². The highest BCUT2D eigenvalue weighted by Gasteiger charge is 2.57. The molecular formula is C19H25BrO2. The second-order valence-corrected chi connectivity index (χ2v) is 8.58. The van der Waals surface area contributed by atoms with Crippen molar-refractivity contribution in [3.8, 4) is 5.75 Å². The highest BCUT2D eigenvalue weighted by atomic mass is 79.9. The van der Waals surface area contributed by atoms with Crippen LogP contribution in [-0.4, -0.2) is 21.6 Å². The Kier molecular flexibility index (Phi) is 3.58. The molecule has 6 unspecified atom stereocenters. The number of phenols is 1. The molecule has 0 amide bonds. The molecule has 0 aromatic heterocycles. The molecule has 0 spiro atoms. The minimum absolute atomic E-state index is 0.105. The first-order valence-electron chi connectivity index (χ1n) is 8.60. The lowest BCUT2D eigenvalue weighted by Gasteiger charge is -2.53. The molecule has 0 aliphatic heterocycles.